The number of benzene rings is 3. The number of hydrogen-bond acceptors (Lipinski definition) is 4. The summed E-state index contributed by atoms with van der Waals surface area (Å²) in [6.45, 7) is 5.99. The summed E-state index contributed by atoms with van der Waals surface area (Å²) in [7, 11) is 3.30. The minimum Gasteiger partial charge on any atom is -0.468 e. The first kappa shape index (κ1) is 23.5. The lowest BCUT2D eigenvalue weighted by atomic mass is 10.0. The molecule has 0 N–H and O–H groups in total. The molecule has 3 aromatic carbocycles. The molecule has 0 aromatic heterocycles. The van der Waals surface area contributed by atoms with Gasteiger partial charge in [0.05, 0.1) is 13.7 Å². The summed E-state index contributed by atoms with van der Waals surface area (Å²) in [5, 5.41) is 0. The third kappa shape index (κ3) is 6.41. The van der Waals surface area contributed by atoms with Gasteiger partial charge in [-0.05, 0) is 67.4 Å². The Bertz CT molecular complexity index is 999. The van der Waals surface area contributed by atoms with E-state index in [1.807, 2.05) is 24.1 Å². The highest BCUT2D eigenvalue weighted by Gasteiger charge is 2.12. The molecular weight excluding hydrogens is 403 g/mol. The van der Waals surface area contributed by atoms with Gasteiger partial charge in [-0.15, -0.1) is 0 Å². The van der Waals surface area contributed by atoms with Crippen LogP contribution in [-0.2, 0) is 22.6 Å². The Morgan fingerprint density at radius 1 is 0.844 bits per heavy atom. The van der Waals surface area contributed by atoms with Crippen molar-refractivity contribution in [3.63, 3.8) is 0 Å². The van der Waals surface area contributed by atoms with Gasteiger partial charge in [-0.1, -0.05) is 48.5 Å². The van der Waals surface area contributed by atoms with Crippen molar-refractivity contribution in [3.05, 3.63) is 89.7 Å². The third-order valence-corrected chi connectivity index (χ3v) is 5.45. The van der Waals surface area contributed by atoms with Crippen LogP contribution in [-0.4, -0.2) is 37.6 Å². The maximum atomic E-state index is 13.3. The van der Waals surface area contributed by atoms with Crippen molar-refractivity contribution in [3.8, 4) is 11.1 Å². The van der Waals surface area contributed by atoms with Crippen LogP contribution >= 0.6 is 0 Å². The lowest BCUT2D eigenvalue weighted by molar-refractivity contribution is -0.141. The topological polar surface area (TPSA) is 32.8 Å². The number of anilines is 1. The Hall–Kier alpha value is -3.18. The van der Waals surface area contributed by atoms with E-state index in [1.54, 1.807) is 0 Å². The van der Waals surface area contributed by atoms with Gasteiger partial charge in [0.1, 0.15) is 5.82 Å². The van der Waals surface area contributed by atoms with Crippen LogP contribution in [0.4, 0.5) is 10.1 Å². The van der Waals surface area contributed by atoms with Crippen molar-refractivity contribution in [2.45, 2.75) is 33.0 Å². The van der Waals surface area contributed by atoms with Crippen LogP contribution in [0.2, 0.25) is 0 Å². The quantitative estimate of drug-likeness (QED) is 0.416. The smallest absolute Gasteiger partial charge is 0.319 e. The summed E-state index contributed by atoms with van der Waals surface area (Å²) >= 11 is 0. The van der Waals surface area contributed by atoms with Crippen LogP contribution in [0.5, 0.6) is 0 Å². The zero-order valence-corrected chi connectivity index (χ0v) is 19.2. The first-order valence-electron chi connectivity index (χ1n) is 10.8. The maximum Gasteiger partial charge on any atom is 0.319 e. The molecule has 0 bridgehead atoms. The normalized spacial score (nSPS) is 11.1. The number of halogens is 1. The minimum atomic E-state index is -0.236. The van der Waals surface area contributed by atoms with E-state index >= 15 is 0 Å². The summed E-state index contributed by atoms with van der Waals surface area (Å²) < 4.78 is 18.0. The van der Waals surface area contributed by atoms with Crippen LogP contribution in [0.15, 0.2) is 72.8 Å². The van der Waals surface area contributed by atoms with Crippen LogP contribution in [0, 0.1) is 5.82 Å². The highest BCUT2D eigenvalue weighted by atomic mass is 19.1. The second-order valence-electron chi connectivity index (χ2n) is 8.34. The second-order valence-corrected chi connectivity index (χ2v) is 8.34. The molecule has 0 aliphatic carbocycles. The standard InChI is InChI=1S/C27H31FN2O2/c1-20(2)30(26-15-13-25(28)14-16-26)18-22-7-11-24(12-8-22)23-9-5-21(6-10-23)17-29(3)19-27(31)32-4/h5-16,20H,17-19H2,1-4H3. The number of ether oxygens (including phenoxy) is 1. The minimum absolute atomic E-state index is 0.220. The van der Waals surface area contributed by atoms with Crippen molar-refractivity contribution < 1.29 is 13.9 Å². The van der Waals surface area contributed by atoms with Gasteiger partial charge < -0.3 is 9.64 Å². The molecule has 0 unspecified atom stereocenters. The van der Waals surface area contributed by atoms with Gasteiger partial charge in [0.25, 0.3) is 0 Å². The molecule has 0 heterocycles. The third-order valence-electron chi connectivity index (χ3n) is 5.45. The predicted octanol–water partition coefficient (Wildman–Crippen LogP) is 5.51. The molecule has 0 saturated carbocycles. The largest absolute Gasteiger partial charge is 0.468 e. The van der Waals surface area contributed by atoms with Gasteiger partial charge in [-0.2, -0.15) is 0 Å². The molecule has 4 nitrogen and oxygen atoms in total. The number of carbonyl (C=O) groups excluding carboxylic acids is 1. The summed E-state index contributed by atoms with van der Waals surface area (Å²) in [5.74, 6) is -0.456. The molecule has 32 heavy (non-hydrogen) atoms. The molecular formula is C27H31FN2O2. The maximum absolute atomic E-state index is 13.3. The number of esters is 1. The van der Waals surface area contributed by atoms with E-state index in [2.05, 4.69) is 67.3 Å². The van der Waals surface area contributed by atoms with Gasteiger partial charge in [0.15, 0.2) is 0 Å². The Labute approximate surface area is 190 Å². The Morgan fingerprint density at radius 3 is 1.81 bits per heavy atom. The molecule has 0 amide bonds. The average Bonchev–Trinajstić information content (AvgIpc) is 2.79. The first-order chi connectivity index (χ1) is 15.4. The van der Waals surface area contributed by atoms with E-state index in [0.29, 0.717) is 12.6 Å². The van der Waals surface area contributed by atoms with E-state index in [1.165, 1.54) is 24.8 Å². The molecule has 3 rings (SSSR count). The molecule has 0 atom stereocenters. The summed E-state index contributed by atoms with van der Waals surface area (Å²) in [4.78, 5) is 15.6. The molecule has 0 aliphatic rings. The van der Waals surface area contributed by atoms with E-state index in [9.17, 15) is 9.18 Å². The fourth-order valence-corrected chi connectivity index (χ4v) is 3.66. The molecule has 0 spiro atoms. The van der Waals surface area contributed by atoms with Gasteiger partial charge in [0, 0.05) is 24.8 Å². The van der Waals surface area contributed by atoms with Gasteiger partial charge in [0.2, 0.25) is 0 Å². The second kappa shape index (κ2) is 10.9. The summed E-state index contributed by atoms with van der Waals surface area (Å²) in [5.41, 5.74) is 5.66. The Kier molecular flexibility index (Phi) is 8.01. The predicted molar refractivity (Wildman–Crippen MR) is 128 cm³/mol. The van der Waals surface area contributed by atoms with Crippen LogP contribution < -0.4 is 4.90 Å². The summed E-state index contributed by atoms with van der Waals surface area (Å²) in [6.07, 6.45) is 0. The monoisotopic (exact) mass is 434 g/mol. The number of methoxy groups -OCH3 is 1. The lowest BCUT2D eigenvalue weighted by Gasteiger charge is -2.29. The van der Waals surface area contributed by atoms with Crippen LogP contribution in [0.1, 0.15) is 25.0 Å². The molecule has 0 radical (unpaired) electrons. The van der Waals surface area contributed by atoms with E-state index in [0.717, 1.165) is 28.9 Å². The van der Waals surface area contributed by atoms with Crippen LogP contribution in [0.3, 0.4) is 0 Å². The van der Waals surface area contributed by atoms with Crippen molar-refractivity contribution in [2.75, 3.05) is 25.6 Å². The number of nitrogens with zero attached hydrogens (tertiary/aromatic N) is 2. The number of hydrogen-bond donors (Lipinski definition) is 0. The van der Waals surface area contributed by atoms with Gasteiger partial charge >= 0.3 is 5.97 Å². The van der Waals surface area contributed by atoms with E-state index in [-0.39, 0.29) is 18.3 Å². The van der Waals surface area contributed by atoms with Gasteiger partial charge in [-0.25, -0.2) is 4.39 Å². The van der Waals surface area contributed by atoms with E-state index in [4.69, 9.17) is 4.74 Å². The number of carbonyl (C=O) groups is 1. The molecule has 3 aromatic rings. The van der Waals surface area contributed by atoms with Crippen molar-refractivity contribution in [2.24, 2.45) is 0 Å². The highest BCUT2D eigenvalue weighted by molar-refractivity contribution is 5.71. The molecule has 0 aliphatic heterocycles. The molecule has 5 heteroatoms. The van der Waals surface area contributed by atoms with Crippen molar-refractivity contribution in [1.29, 1.82) is 0 Å². The molecule has 168 valence electrons. The Balaban J connectivity index is 1.65. The highest BCUT2D eigenvalue weighted by Crippen LogP contribution is 2.24. The lowest BCUT2D eigenvalue weighted by Crippen LogP contribution is -2.30. The van der Waals surface area contributed by atoms with Crippen LogP contribution in [0.25, 0.3) is 11.1 Å². The zero-order chi connectivity index (χ0) is 23.1. The fourth-order valence-electron chi connectivity index (χ4n) is 3.66. The van der Waals surface area contributed by atoms with E-state index < -0.39 is 0 Å². The average molecular weight is 435 g/mol. The molecule has 0 fully saturated rings. The first-order valence-corrected chi connectivity index (χ1v) is 10.8. The Morgan fingerprint density at radius 2 is 1.34 bits per heavy atom. The van der Waals surface area contributed by atoms with Crippen molar-refractivity contribution in [1.82, 2.24) is 4.90 Å². The number of likely N-dealkylation sites (N-methyl/N-ethyl adjacent to an activating group) is 1. The zero-order valence-electron chi connectivity index (χ0n) is 19.2. The van der Waals surface area contributed by atoms with Crippen molar-refractivity contribution >= 4 is 11.7 Å². The molecule has 0 saturated heterocycles. The summed E-state index contributed by atoms with van der Waals surface area (Å²) in [6, 6.07) is 23.9. The number of rotatable bonds is 9. The SMILES string of the molecule is COC(=O)CN(C)Cc1ccc(-c2ccc(CN(c3ccc(F)cc3)C(C)C)cc2)cc1. The van der Waals surface area contributed by atoms with Gasteiger partial charge in [-0.3, -0.25) is 9.69 Å². The fraction of sp³-hybridized carbons (Fsp3) is 0.296.